The maximum Gasteiger partial charge on any atom is 0.313 e. The number of carboxylic acids is 1. The molecular formula is C12H15N3O2S2. The van der Waals surface area contributed by atoms with Crippen molar-refractivity contribution in [2.75, 3.05) is 5.75 Å². The molecule has 0 saturated carbocycles. The van der Waals surface area contributed by atoms with E-state index in [4.69, 9.17) is 5.11 Å². The summed E-state index contributed by atoms with van der Waals surface area (Å²) in [6, 6.07) is 4.07. The Kier molecular flexibility index (Phi) is 4.98. The molecule has 0 amide bonds. The molecule has 2 aromatic heterocycles. The molecule has 0 unspecified atom stereocenters. The zero-order valence-electron chi connectivity index (χ0n) is 10.6. The fraction of sp³-hybridized carbons (Fsp3) is 0.417. The van der Waals surface area contributed by atoms with Gasteiger partial charge < -0.3 is 9.67 Å². The molecule has 5 nitrogen and oxygen atoms in total. The summed E-state index contributed by atoms with van der Waals surface area (Å²) in [5, 5.41) is 19.7. The maximum atomic E-state index is 10.7. The van der Waals surface area contributed by atoms with E-state index in [0.717, 1.165) is 18.7 Å². The average Bonchev–Trinajstić information content (AvgIpc) is 2.99. The molecule has 2 aromatic rings. The Morgan fingerprint density at radius 3 is 3.00 bits per heavy atom. The standard InChI is InChI=1S/C12H15N3O2S2/c1-2-4-10-13-14-12(19-8-11(16)17)15(10)7-9-5-3-6-18-9/h3,5-6H,2,4,7-8H2,1H3,(H,16,17). The van der Waals surface area contributed by atoms with Gasteiger partial charge in [-0.1, -0.05) is 24.8 Å². The van der Waals surface area contributed by atoms with Crippen LogP contribution in [0.1, 0.15) is 24.0 Å². The van der Waals surface area contributed by atoms with E-state index >= 15 is 0 Å². The van der Waals surface area contributed by atoms with Crippen molar-refractivity contribution < 1.29 is 9.90 Å². The van der Waals surface area contributed by atoms with Crippen molar-refractivity contribution in [1.82, 2.24) is 14.8 Å². The highest BCUT2D eigenvalue weighted by Crippen LogP contribution is 2.21. The molecule has 0 atom stereocenters. The number of thiophene rings is 1. The lowest BCUT2D eigenvalue weighted by Crippen LogP contribution is -2.07. The molecule has 0 aliphatic rings. The molecule has 0 fully saturated rings. The van der Waals surface area contributed by atoms with Gasteiger partial charge in [-0.15, -0.1) is 21.5 Å². The zero-order chi connectivity index (χ0) is 13.7. The lowest BCUT2D eigenvalue weighted by Gasteiger charge is -2.07. The Bertz CT molecular complexity index is 537. The van der Waals surface area contributed by atoms with Gasteiger partial charge in [0.15, 0.2) is 5.16 Å². The Labute approximate surface area is 119 Å². The van der Waals surface area contributed by atoms with E-state index in [0.29, 0.717) is 11.7 Å². The van der Waals surface area contributed by atoms with Crippen LogP contribution in [0.2, 0.25) is 0 Å². The van der Waals surface area contributed by atoms with Crippen molar-refractivity contribution in [3.05, 3.63) is 28.2 Å². The molecule has 7 heteroatoms. The van der Waals surface area contributed by atoms with E-state index < -0.39 is 5.97 Å². The van der Waals surface area contributed by atoms with Crippen molar-refractivity contribution in [2.45, 2.75) is 31.5 Å². The van der Waals surface area contributed by atoms with Crippen LogP contribution in [0, 0.1) is 0 Å². The van der Waals surface area contributed by atoms with E-state index in [1.807, 2.05) is 16.0 Å². The van der Waals surface area contributed by atoms with Gasteiger partial charge in [-0.05, 0) is 17.9 Å². The highest BCUT2D eigenvalue weighted by molar-refractivity contribution is 7.99. The lowest BCUT2D eigenvalue weighted by atomic mass is 10.3. The smallest absolute Gasteiger partial charge is 0.313 e. The lowest BCUT2D eigenvalue weighted by molar-refractivity contribution is -0.133. The highest BCUT2D eigenvalue weighted by Gasteiger charge is 2.14. The number of nitrogens with zero attached hydrogens (tertiary/aromatic N) is 3. The molecule has 0 aliphatic carbocycles. The van der Waals surface area contributed by atoms with Crippen LogP contribution < -0.4 is 0 Å². The molecule has 0 spiro atoms. The van der Waals surface area contributed by atoms with Crippen LogP contribution in [-0.2, 0) is 17.8 Å². The predicted octanol–water partition coefficient (Wildman–Crippen LogP) is 2.52. The Hall–Kier alpha value is -1.34. The normalized spacial score (nSPS) is 10.8. The van der Waals surface area contributed by atoms with Crippen LogP contribution in [0.4, 0.5) is 0 Å². The second-order valence-electron chi connectivity index (χ2n) is 4.00. The number of thioether (sulfide) groups is 1. The number of aliphatic carboxylic acids is 1. The molecule has 102 valence electrons. The highest BCUT2D eigenvalue weighted by atomic mass is 32.2. The van der Waals surface area contributed by atoms with Crippen molar-refractivity contribution >= 4 is 29.1 Å². The van der Waals surface area contributed by atoms with Gasteiger partial charge in [0, 0.05) is 11.3 Å². The SMILES string of the molecule is CCCc1nnc(SCC(=O)O)n1Cc1cccs1. The molecule has 0 aromatic carbocycles. The molecular weight excluding hydrogens is 282 g/mol. The molecule has 2 heterocycles. The minimum atomic E-state index is -0.840. The number of carbonyl (C=O) groups is 1. The van der Waals surface area contributed by atoms with E-state index in [9.17, 15) is 4.79 Å². The van der Waals surface area contributed by atoms with Crippen molar-refractivity contribution in [3.8, 4) is 0 Å². The summed E-state index contributed by atoms with van der Waals surface area (Å²) in [7, 11) is 0. The first-order valence-electron chi connectivity index (χ1n) is 5.99. The topological polar surface area (TPSA) is 68.0 Å². The van der Waals surface area contributed by atoms with Crippen molar-refractivity contribution in [1.29, 1.82) is 0 Å². The van der Waals surface area contributed by atoms with Gasteiger partial charge in [-0.2, -0.15) is 0 Å². The Morgan fingerprint density at radius 2 is 2.37 bits per heavy atom. The number of hydrogen-bond donors (Lipinski definition) is 1. The van der Waals surface area contributed by atoms with Gasteiger partial charge >= 0.3 is 5.97 Å². The summed E-state index contributed by atoms with van der Waals surface area (Å²) < 4.78 is 2.02. The number of aromatic nitrogens is 3. The number of carboxylic acid groups (broad SMARTS) is 1. The van der Waals surface area contributed by atoms with Gasteiger partial charge in [-0.3, -0.25) is 4.79 Å². The maximum absolute atomic E-state index is 10.7. The Morgan fingerprint density at radius 1 is 1.53 bits per heavy atom. The second kappa shape index (κ2) is 6.72. The summed E-state index contributed by atoms with van der Waals surface area (Å²) in [4.78, 5) is 11.9. The minimum absolute atomic E-state index is 0.00863. The minimum Gasteiger partial charge on any atom is -0.481 e. The average molecular weight is 297 g/mol. The molecule has 0 radical (unpaired) electrons. The van der Waals surface area contributed by atoms with Crippen LogP contribution in [0.15, 0.2) is 22.7 Å². The van der Waals surface area contributed by atoms with Gasteiger partial charge in [0.2, 0.25) is 0 Å². The predicted molar refractivity (Wildman–Crippen MR) is 75.8 cm³/mol. The quantitative estimate of drug-likeness (QED) is 0.795. The largest absolute Gasteiger partial charge is 0.481 e. The zero-order valence-corrected chi connectivity index (χ0v) is 12.2. The van der Waals surface area contributed by atoms with E-state index in [1.165, 1.54) is 16.6 Å². The van der Waals surface area contributed by atoms with E-state index in [1.54, 1.807) is 11.3 Å². The van der Waals surface area contributed by atoms with Gasteiger partial charge in [-0.25, -0.2) is 0 Å². The van der Waals surface area contributed by atoms with Crippen molar-refractivity contribution in [2.24, 2.45) is 0 Å². The molecule has 19 heavy (non-hydrogen) atoms. The molecule has 0 aliphatic heterocycles. The van der Waals surface area contributed by atoms with E-state index in [2.05, 4.69) is 23.2 Å². The molecule has 1 N–H and O–H groups in total. The molecule has 2 rings (SSSR count). The van der Waals surface area contributed by atoms with Gasteiger partial charge in [0.05, 0.1) is 12.3 Å². The Balaban J connectivity index is 2.19. The summed E-state index contributed by atoms with van der Waals surface area (Å²) in [6.07, 6.45) is 1.85. The van der Waals surface area contributed by atoms with Crippen LogP contribution in [-0.4, -0.2) is 31.6 Å². The first-order valence-corrected chi connectivity index (χ1v) is 7.86. The third-order valence-corrected chi connectivity index (χ3v) is 4.30. The van der Waals surface area contributed by atoms with Gasteiger partial charge in [0.1, 0.15) is 5.82 Å². The molecule has 0 saturated heterocycles. The first kappa shape index (κ1) is 14.1. The molecule has 0 bridgehead atoms. The number of aryl methyl sites for hydroxylation is 1. The fourth-order valence-electron chi connectivity index (χ4n) is 1.68. The second-order valence-corrected chi connectivity index (χ2v) is 5.97. The third-order valence-electron chi connectivity index (χ3n) is 2.49. The third kappa shape index (κ3) is 3.81. The van der Waals surface area contributed by atoms with Crippen LogP contribution in [0.25, 0.3) is 0 Å². The fourth-order valence-corrected chi connectivity index (χ4v) is 3.05. The van der Waals surface area contributed by atoms with Crippen LogP contribution in [0.5, 0.6) is 0 Å². The number of rotatable bonds is 7. The van der Waals surface area contributed by atoms with Crippen molar-refractivity contribution in [3.63, 3.8) is 0 Å². The summed E-state index contributed by atoms with van der Waals surface area (Å²) in [5.41, 5.74) is 0. The van der Waals surface area contributed by atoms with Gasteiger partial charge in [0.25, 0.3) is 0 Å². The van der Waals surface area contributed by atoms with E-state index in [-0.39, 0.29) is 5.75 Å². The van der Waals surface area contributed by atoms with Crippen LogP contribution >= 0.6 is 23.1 Å². The monoisotopic (exact) mass is 297 g/mol. The summed E-state index contributed by atoms with van der Waals surface area (Å²) in [5.74, 6) is 0.0887. The first-order chi connectivity index (χ1) is 9.20. The summed E-state index contributed by atoms with van der Waals surface area (Å²) in [6.45, 7) is 2.80. The van der Waals surface area contributed by atoms with Crippen LogP contribution in [0.3, 0.4) is 0 Å². The number of hydrogen-bond acceptors (Lipinski definition) is 5. The summed E-state index contributed by atoms with van der Waals surface area (Å²) >= 11 is 2.90.